The normalized spacial score (nSPS) is 13.0. The molecule has 1 unspecified atom stereocenters. The Morgan fingerprint density at radius 3 is 1.86 bits per heavy atom. The van der Waals surface area contributed by atoms with Gasteiger partial charge in [-0.3, -0.25) is 0 Å². The highest BCUT2D eigenvalue weighted by atomic mass is 16.5. The van der Waals surface area contributed by atoms with E-state index in [0.29, 0.717) is 22.8 Å². The summed E-state index contributed by atoms with van der Waals surface area (Å²) in [5.74, 6) is 2.01. The lowest BCUT2D eigenvalue weighted by Crippen LogP contribution is -2.22. The molecule has 0 fully saturated rings. The zero-order chi connectivity index (χ0) is 35.5. The summed E-state index contributed by atoms with van der Waals surface area (Å²) in [7, 11) is 1.42. The third-order valence-electron chi connectivity index (χ3n) is 9.53. The van der Waals surface area contributed by atoms with Crippen LogP contribution in [0.2, 0.25) is 0 Å². The van der Waals surface area contributed by atoms with Gasteiger partial charge in [0.25, 0.3) is 0 Å². The van der Waals surface area contributed by atoms with Crippen molar-refractivity contribution in [3.05, 3.63) is 167 Å². The van der Waals surface area contributed by atoms with E-state index in [9.17, 15) is 4.79 Å². The van der Waals surface area contributed by atoms with Crippen molar-refractivity contribution < 1.29 is 19.0 Å². The number of benzene rings is 6. The first-order chi connectivity index (χ1) is 24.9. The molecule has 6 heteroatoms. The minimum Gasteiger partial charge on any atom is -0.465 e. The third-order valence-corrected chi connectivity index (χ3v) is 9.53. The summed E-state index contributed by atoms with van der Waals surface area (Å²) in [6.07, 6.45) is 0. The lowest BCUT2D eigenvalue weighted by molar-refractivity contribution is 0.0599. The second-order valence-electron chi connectivity index (χ2n) is 12.8. The molecule has 1 aliphatic rings. The smallest absolute Gasteiger partial charge is 0.338 e. The number of ether oxygens (including phenoxy) is 3. The van der Waals surface area contributed by atoms with Crippen LogP contribution in [-0.4, -0.2) is 26.2 Å². The summed E-state index contributed by atoms with van der Waals surface area (Å²) >= 11 is 0. The van der Waals surface area contributed by atoms with E-state index in [1.54, 1.807) is 0 Å². The molecular weight excluding hydrogens is 633 g/mol. The first-order valence-corrected chi connectivity index (χ1v) is 17.5. The number of methoxy groups -OCH3 is 1. The molecule has 0 amide bonds. The fourth-order valence-electron chi connectivity index (χ4n) is 6.87. The van der Waals surface area contributed by atoms with Gasteiger partial charge in [0.15, 0.2) is 5.75 Å². The zero-order valence-corrected chi connectivity index (χ0v) is 29.7. The van der Waals surface area contributed by atoms with Gasteiger partial charge in [-0.15, -0.1) is 0 Å². The average Bonchev–Trinajstić information content (AvgIpc) is 3.16. The topological polar surface area (TPSA) is 51.2 Å². The molecule has 0 aromatic heterocycles. The zero-order valence-electron chi connectivity index (χ0n) is 29.7. The molecule has 0 saturated heterocycles. The molecule has 0 radical (unpaired) electrons. The molecule has 1 aliphatic heterocycles. The number of fused-ring (bicyclic) bond motifs is 2. The van der Waals surface area contributed by atoms with E-state index >= 15 is 0 Å². The number of para-hydroxylation sites is 1. The highest BCUT2D eigenvalue weighted by Gasteiger charge is 2.34. The molecule has 0 aliphatic carbocycles. The maximum atomic E-state index is 13.3. The van der Waals surface area contributed by atoms with E-state index < -0.39 is 0 Å². The van der Waals surface area contributed by atoms with E-state index in [0.717, 1.165) is 58.3 Å². The van der Waals surface area contributed by atoms with Crippen LogP contribution in [0.25, 0.3) is 0 Å². The van der Waals surface area contributed by atoms with Crippen molar-refractivity contribution >= 4 is 28.7 Å². The van der Waals surface area contributed by atoms with E-state index in [4.69, 9.17) is 14.2 Å². The van der Waals surface area contributed by atoms with Gasteiger partial charge in [-0.2, -0.15) is 0 Å². The van der Waals surface area contributed by atoms with Crippen LogP contribution in [0.1, 0.15) is 57.9 Å². The number of esters is 1. The highest BCUT2D eigenvalue weighted by molar-refractivity contribution is 5.92. The molecule has 6 nitrogen and oxygen atoms in total. The fourth-order valence-corrected chi connectivity index (χ4v) is 6.87. The molecule has 0 bridgehead atoms. The van der Waals surface area contributed by atoms with Gasteiger partial charge in [-0.05, 0) is 87.9 Å². The van der Waals surface area contributed by atoms with Gasteiger partial charge < -0.3 is 24.0 Å². The SMILES string of the molecule is CCN(CC)c1ccc2c(c1)Oc1cc(Oc3ccccc3)c(N(c3ccc(C)cc3)c3ccc(C)cc3)cc1C2c1ccccc1C(=O)OC. The van der Waals surface area contributed by atoms with Crippen LogP contribution < -0.4 is 19.3 Å². The Morgan fingerprint density at radius 2 is 1.24 bits per heavy atom. The van der Waals surface area contributed by atoms with Crippen LogP contribution in [0.15, 0.2) is 133 Å². The van der Waals surface area contributed by atoms with E-state index in [-0.39, 0.29) is 11.9 Å². The van der Waals surface area contributed by atoms with E-state index in [1.165, 1.54) is 18.2 Å². The summed E-state index contributed by atoms with van der Waals surface area (Å²) in [5, 5.41) is 0. The van der Waals surface area contributed by atoms with Crippen LogP contribution in [0, 0.1) is 13.8 Å². The number of carbonyl (C=O) groups excluding carboxylic acids is 1. The van der Waals surface area contributed by atoms with Gasteiger partial charge in [0, 0.05) is 59.3 Å². The summed E-state index contributed by atoms with van der Waals surface area (Å²) in [6.45, 7) is 10.2. The van der Waals surface area contributed by atoms with Gasteiger partial charge in [-0.1, -0.05) is 77.9 Å². The first kappa shape index (κ1) is 33.5. The van der Waals surface area contributed by atoms with Crippen molar-refractivity contribution in [1.29, 1.82) is 0 Å². The molecule has 6 aromatic carbocycles. The van der Waals surface area contributed by atoms with Crippen molar-refractivity contribution in [1.82, 2.24) is 0 Å². The Kier molecular flexibility index (Phi) is 9.49. The number of rotatable bonds is 10. The monoisotopic (exact) mass is 674 g/mol. The van der Waals surface area contributed by atoms with Crippen molar-refractivity contribution in [2.75, 3.05) is 30.0 Å². The van der Waals surface area contributed by atoms with Gasteiger partial charge >= 0.3 is 5.97 Å². The van der Waals surface area contributed by atoms with E-state index in [2.05, 4.69) is 110 Å². The van der Waals surface area contributed by atoms with Crippen LogP contribution >= 0.6 is 0 Å². The quantitative estimate of drug-likeness (QED) is 0.135. The minimum absolute atomic E-state index is 0.341. The molecule has 0 N–H and O–H groups in total. The second-order valence-corrected chi connectivity index (χ2v) is 12.8. The van der Waals surface area contributed by atoms with Crippen molar-refractivity contribution in [3.8, 4) is 23.0 Å². The number of hydrogen-bond donors (Lipinski definition) is 0. The predicted octanol–water partition coefficient (Wildman–Crippen LogP) is 11.5. The van der Waals surface area contributed by atoms with Crippen LogP contribution in [0.3, 0.4) is 0 Å². The summed E-state index contributed by atoms with van der Waals surface area (Å²) < 4.78 is 18.9. The molecule has 1 atom stereocenters. The Hall–Kier alpha value is -6.01. The predicted molar refractivity (Wildman–Crippen MR) is 206 cm³/mol. The van der Waals surface area contributed by atoms with Gasteiger partial charge in [0.1, 0.15) is 17.2 Å². The number of nitrogens with zero attached hydrogens (tertiary/aromatic N) is 2. The van der Waals surface area contributed by atoms with Gasteiger partial charge in [0.05, 0.1) is 18.4 Å². The average molecular weight is 675 g/mol. The molecule has 1 heterocycles. The molecular formula is C45H42N2O4. The molecule has 7 rings (SSSR count). The fraction of sp³-hybridized carbons (Fsp3) is 0.178. The molecule has 0 saturated carbocycles. The van der Waals surface area contributed by atoms with Crippen molar-refractivity contribution in [2.24, 2.45) is 0 Å². The third kappa shape index (κ3) is 6.65. The molecule has 256 valence electrons. The molecule has 6 aromatic rings. The number of aryl methyl sites for hydroxylation is 2. The second kappa shape index (κ2) is 14.5. The summed E-state index contributed by atoms with van der Waals surface area (Å²) in [6, 6.07) is 45.0. The van der Waals surface area contributed by atoms with Crippen LogP contribution in [0.5, 0.6) is 23.0 Å². The minimum atomic E-state index is -0.384. The maximum Gasteiger partial charge on any atom is 0.338 e. The van der Waals surface area contributed by atoms with Crippen molar-refractivity contribution in [2.45, 2.75) is 33.6 Å². The molecule has 0 spiro atoms. The number of carbonyl (C=O) groups is 1. The highest BCUT2D eigenvalue weighted by Crippen LogP contribution is 2.54. The summed E-state index contributed by atoms with van der Waals surface area (Å²) in [5.41, 5.74) is 9.43. The van der Waals surface area contributed by atoms with Crippen LogP contribution in [-0.2, 0) is 4.74 Å². The molecule has 51 heavy (non-hydrogen) atoms. The lowest BCUT2D eigenvalue weighted by Gasteiger charge is -2.34. The van der Waals surface area contributed by atoms with Gasteiger partial charge in [0.2, 0.25) is 0 Å². The van der Waals surface area contributed by atoms with Crippen molar-refractivity contribution in [3.63, 3.8) is 0 Å². The largest absolute Gasteiger partial charge is 0.465 e. The number of anilines is 4. The Morgan fingerprint density at radius 1 is 0.647 bits per heavy atom. The Labute approximate surface area is 300 Å². The lowest BCUT2D eigenvalue weighted by atomic mass is 9.80. The first-order valence-electron chi connectivity index (χ1n) is 17.5. The standard InChI is InChI=1S/C45H42N2O4/c1-6-46(7-2)34-25-26-38-41(27-34)51-42-29-43(50-35-13-9-8-10-14-35)40(28-39(42)44(38)36-15-11-12-16-37(36)45(48)49-5)47(32-21-17-30(3)18-22-32)33-23-19-31(4)20-24-33/h8-29,44H,6-7H2,1-5H3. The van der Waals surface area contributed by atoms with E-state index in [1.807, 2.05) is 60.7 Å². The van der Waals surface area contributed by atoms with Gasteiger partial charge in [-0.25, -0.2) is 4.79 Å². The Bertz CT molecular complexity index is 2110. The number of hydrogen-bond acceptors (Lipinski definition) is 6. The summed E-state index contributed by atoms with van der Waals surface area (Å²) in [4.78, 5) is 17.8. The Balaban J connectivity index is 1.52. The van der Waals surface area contributed by atoms with Crippen LogP contribution in [0.4, 0.5) is 22.7 Å². The maximum absolute atomic E-state index is 13.3.